The van der Waals surface area contributed by atoms with Gasteiger partial charge in [0, 0.05) is 12.2 Å². The fourth-order valence-electron chi connectivity index (χ4n) is 1.99. The second-order valence-corrected chi connectivity index (χ2v) is 5.44. The minimum absolute atomic E-state index is 0.366. The van der Waals surface area contributed by atoms with Gasteiger partial charge in [0.2, 0.25) is 5.95 Å². The molecule has 0 fully saturated rings. The fourth-order valence-corrected chi connectivity index (χ4v) is 1.99. The van der Waals surface area contributed by atoms with Gasteiger partial charge in [-0.05, 0) is 51.3 Å². The lowest BCUT2D eigenvalue weighted by molar-refractivity contribution is 0.0601. The molecule has 0 spiro atoms. The largest absolute Gasteiger partial charge is 0.465 e. The van der Waals surface area contributed by atoms with Gasteiger partial charge >= 0.3 is 5.97 Å². The number of nitrogens with zero attached hydrogens (tertiary/aromatic N) is 4. The molecule has 0 bridgehead atoms. The van der Waals surface area contributed by atoms with Crippen LogP contribution in [0.5, 0.6) is 0 Å². The van der Waals surface area contributed by atoms with Crippen LogP contribution in [0.15, 0.2) is 30.5 Å². The van der Waals surface area contributed by atoms with Crippen LogP contribution in [-0.4, -0.2) is 60.3 Å². The number of benzene rings is 1. The molecule has 0 atom stereocenters. The Balaban J connectivity index is 1.92. The minimum atomic E-state index is -0.366. The normalized spacial score (nSPS) is 10.5. The third kappa shape index (κ3) is 5.47. The molecule has 0 aliphatic carbocycles. The molecule has 8 heteroatoms. The Morgan fingerprint density at radius 2 is 2.00 bits per heavy atom. The number of nitrogens with one attached hydrogen (secondary N) is 2. The lowest BCUT2D eigenvalue weighted by Gasteiger charge is -2.10. The maximum absolute atomic E-state index is 11.4. The van der Waals surface area contributed by atoms with E-state index in [0.29, 0.717) is 17.3 Å². The van der Waals surface area contributed by atoms with Crippen molar-refractivity contribution in [1.82, 2.24) is 20.1 Å². The number of hydrogen-bond acceptors (Lipinski definition) is 8. The molecule has 1 aromatic heterocycles. The zero-order valence-corrected chi connectivity index (χ0v) is 14.1. The predicted octanol–water partition coefficient (Wildman–Crippen LogP) is 1.77. The van der Waals surface area contributed by atoms with Gasteiger partial charge in [-0.15, -0.1) is 5.10 Å². The van der Waals surface area contributed by atoms with Crippen molar-refractivity contribution in [2.24, 2.45) is 0 Å². The average Bonchev–Trinajstić information content (AvgIpc) is 2.59. The molecule has 128 valence electrons. The highest BCUT2D eigenvalue weighted by Gasteiger charge is 2.05. The van der Waals surface area contributed by atoms with E-state index in [0.717, 1.165) is 25.2 Å². The van der Waals surface area contributed by atoms with Crippen molar-refractivity contribution < 1.29 is 9.53 Å². The quantitative estimate of drug-likeness (QED) is 0.559. The second kappa shape index (κ2) is 8.78. The first kappa shape index (κ1) is 17.6. The number of carbonyl (C=O) groups is 1. The van der Waals surface area contributed by atoms with E-state index in [1.165, 1.54) is 7.11 Å². The zero-order chi connectivity index (χ0) is 17.4. The number of ether oxygens (including phenoxy) is 1. The topological polar surface area (TPSA) is 92.3 Å². The molecule has 0 saturated carbocycles. The van der Waals surface area contributed by atoms with Gasteiger partial charge < -0.3 is 20.3 Å². The van der Waals surface area contributed by atoms with Gasteiger partial charge in [-0.25, -0.2) is 4.79 Å². The van der Waals surface area contributed by atoms with Crippen molar-refractivity contribution in [3.05, 3.63) is 36.0 Å². The van der Waals surface area contributed by atoms with E-state index in [1.54, 1.807) is 30.5 Å². The summed E-state index contributed by atoms with van der Waals surface area (Å²) >= 11 is 0. The van der Waals surface area contributed by atoms with Crippen molar-refractivity contribution in [1.29, 1.82) is 0 Å². The van der Waals surface area contributed by atoms with E-state index < -0.39 is 0 Å². The van der Waals surface area contributed by atoms with Crippen LogP contribution < -0.4 is 10.6 Å². The maximum Gasteiger partial charge on any atom is 0.337 e. The van der Waals surface area contributed by atoms with Gasteiger partial charge in [0.15, 0.2) is 5.82 Å². The molecule has 2 N–H and O–H groups in total. The monoisotopic (exact) mass is 330 g/mol. The summed E-state index contributed by atoms with van der Waals surface area (Å²) in [5.41, 5.74) is 1.29. The van der Waals surface area contributed by atoms with Crippen molar-refractivity contribution in [3.63, 3.8) is 0 Å². The Morgan fingerprint density at radius 1 is 1.25 bits per heavy atom. The van der Waals surface area contributed by atoms with E-state index in [4.69, 9.17) is 0 Å². The van der Waals surface area contributed by atoms with Gasteiger partial charge in [0.05, 0.1) is 18.9 Å². The third-order valence-corrected chi connectivity index (χ3v) is 3.20. The van der Waals surface area contributed by atoms with E-state index in [9.17, 15) is 4.79 Å². The molecule has 8 nitrogen and oxygen atoms in total. The molecule has 0 radical (unpaired) electrons. The molecule has 0 amide bonds. The Bertz CT molecular complexity index is 660. The van der Waals surface area contributed by atoms with Crippen LogP contribution in [0.3, 0.4) is 0 Å². The van der Waals surface area contributed by atoms with Crippen molar-refractivity contribution in [3.8, 4) is 0 Å². The molecular weight excluding hydrogens is 308 g/mol. The number of aromatic nitrogens is 3. The van der Waals surface area contributed by atoms with Crippen LogP contribution in [0, 0.1) is 0 Å². The molecule has 0 aliphatic rings. The number of methoxy groups -OCH3 is 1. The smallest absolute Gasteiger partial charge is 0.337 e. The highest BCUT2D eigenvalue weighted by molar-refractivity contribution is 5.89. The highest BCUT2D eigenvalue weighted by Crippen LogP contribution is 2.15. The Labute approximate surface area is 141 Å². The second-order valence-electron chi connectivity index (χ2n) is 5.44. The van der Waals surface area contributed by atoms with Gasteiger partial charge in [-0.2, -0.15) is 10.1 Å². The SMILES string of the molecule is COC(=O)c1ccc(Nc2cnnc(NCCCN(C)C)n2)cc1. The van der Waals surface area contributed by atoms with Crippen LogP contribution in [0.1, 0.15) is 16.8 Å². The molecule has 24 heavy (non-hydrogen) atoms. The molecule has 1 heterocycles. The summed E-state index contributed by atoms with van der Waals surface area (Å²) in [5.74, 6) is 0.685. The first-order chi connectivity index (χ1) is 11.6. The summed E-state index contributed by atoms with van der Waals surface area (Å²) in [6, 6.07) is 6.92. The van der Waals surface area contributed by atoms with Crippen LogP contribution in [0.2, 0.25) is 0 Å². The molecule has 2 aromatic rings. The summed E-state index contributed by atoms with van der Waals surface area (Å²) in [6.45, 7) is 1.77. The number of rotatable bonds is 8. The standard InChI is InChI=1S/C16H22N6O2/c1-22(2)10-4-9-17-16-20-14(11-18-21-16)19-13-7-5-12(6-8-13)15(23)24-3/h5-8,11H,4,9-10H2,1-3H3,(H2,17,19,20,21). The lowest BCUT2D eigenvalue weighted by atomic mass is 10.2. The van der Waals surface area contributed by atoms with E-state index >= 15 is 0 Å². The average molecular weight is 330 g/mol. The summed E-state index contributed by atoms with van der Waals surface area (Å²) in [6.07, 6.45) is 2.53. The molecule has 0 saturated heterocycles. The fraction of sp³-hybridized carbons (Fsp3) is 0.375. The molecule has 1 aromatic carbocycles. The van der Waals surface area contributed by atoms with Crippen molar-refractivity contribution in [2.75, 3.05) is 44.9 Å². The van der Waals surface area contributed by atoms with Gasteiger partial charge in [-0.3, -0.25) is 0 Å². The zero-order valence-electron chi connectivity index (χ0n) is 14.1. The first-order valence-corrected chi connectivity index (χ1v) is 7.62. The number of esters is 1. The molecule has 0 aliphatic heterocycles. The predicted molar refractivity (Wildman–Crippen MR) is 92.6 cm³/mol. The molecule has 2 rings (SSSR count). The van der Waals surface area contributed by atoms with E-state index in [1.807, 2.05) is 14.1 Å². The summed E-state index contributed by atoms with van der Waals surface area (Å²) in [5, 5.41) is 14.2. The van der Waals surface area contributed by atoms with Crippen LogP contribution in [-0.2, 0) is 4.74 Å². The van der Waals surface area contributed by atoms with E-state index in [-0.39, 0.29) is 5.97 Å². The summed E-state index contributed by atoms with van der Waals surface area (Å²) < 4.78 is 4.67. The number of anilines is 3. The van der Waals surface area contributed by atoms with Crippen LogP contribution in [0.4, 0.5) is 17.5 Å². The Hall–Kier alpha value is -2.74. The maximum atomic E-state index is 11.4. The van der Waals surface area contributed by atoms with Gasteiger partial charge in [0.25, 0.3) is 0 Å². The van der Waals surface area contributed by atoms with Crippen molar-refractivity contribution in [2.45, 2.75) is 6.42 Å². The number of hydrogen-bond donors (Lipinski definition) is 2. The minimum Gasteiger partial charge on any atom is -0.465 e. The first-order valence-electron chi connectivity index (χ1n) is 7.62. The third-order valence-electron chi connectivity index (χ3n) is 3.20. The van der Waals surface area contributed by atoms with E-state index in [2.05, 4.69) is 35.5 Å². The lowest BCUT2D eigenvalue weighted by Crippen LogP contribution is -2.17. The Morgan fingerprint density at radius 3 is 2.67 bits per heavy atom. The Kier molecular flexibility index (Phi) is 6.44. The molecular formula is C16H22N6O2. The molecule has 0 unspecified atom stereocenters. The number of carbonyl (C=O) groups excluding carboxylic acids is 1. The van der Waals surface area contributed by atoms with Crippen LogP contribution >= 0.6 is 0 Å². The summed E-state index contributed by atoms with van der Waals surface area (Å²) in [7, 11) is 5.43. The summed E-state index contributed by atoms with van der Waals surface area (Å²) in [4.78, 5) is 17.9. The van der Waals surface area contributed by atoms with Gasteiger partial charge in [0.1, 0.15) is 0 Å². The van der Waals surface area contributed by atoms with Gasteiger partial charge in [-0.1, -0.05) is 0 Å². The van der Waals surface area contributed by atoms with Crippen LogP contribution in [0.25, 0.3) is 0 Å². The highest BCUT2D eigenvalue weighted by atomic mass is 16.5. The van der Waals surface area contributed by atoms with Crippen molar-refractivity contribution >= 4 is 23.4 Å².